The van der Waals surface area contributed by atoms with Crippen LogP contribution in [0.1, 0.15) is 23.6 Å². The Morgan fingerprint density at radius 3 is 2.70 bits per heavy atom. The summed E-state index contributed by atoms with van der Waals surface area (Å²) in [6, 6.07) is 16.1. The number of carbonyl (C=O) groups excluding carboxylic acids is 1. The van der Waals surface area contributed by atoms with E-state index >= 15 is 0 Å². The van der Waals surface area contributed by atoms with Crippen molar-refractivity contribution in [2.24, 2.45) is 11.8 Å². The molecular formula is C22H25ClN2O2. The molecule has 2 aromatic rings. The molecule has 5 heteroatoms. The number of halogens is 1. The van der Waals surface area contributed by atoms with E-state index in [9.17, 15) is 4.79 Å². The molecular weight excluding hydrogens is 360 g/mol. The van der Waals surface area contributed by atoms with Gasteiger partial charge in [0, 0.05) is 37.0 Å². The number of nitrogens with zero attached hydrogens (tertiary/aromatic N) is 1. The van der Waals surface area contributed by atoms with Crippen molar-refractivity contribution < 1.29 is 9.53 Å². The van der Waals surface area contributed by atoms with E-state index in [1.54, 1.807) is 7.11 Å². The van der Waals surface area contributed by atoms with E-state index in [0.29, 0.717) is 24.7 Å². The SMILES string of the molecule is COc1ccc([C@H]2[C@H]3CNC[C@H]3CN2C(=O)CCc2ccccc2Cl)cc1. The molecule has 1 amide bonds. The van der Waals surface area contributed by atoms with E-state index < -0.39 is 0 Å². The molecule has 2 fully saturated rings. The topological polar surface area (TPSA) is 41.6 Å². The summed E-state index contributed by atoms with van der Waals surface area (Å²) >= 11 is 6.25. The predicted molar refractivity (Wildman–Crippen MR) is 107 cm³/mol. The normalized spacial score (nSPS) is 24.1. The van der Waals surface area contributed by atoms with Crippen molar-refractivity contribution in [1.82, 2.24) is 10.2 Å². The molecule has 2 saturated heterocycles. The number of carbonyl (C=O) groups is 1. The van der Waals surface area contributed by atoms with E-state index in [1.807, 2.05) is 36.4 Å². The highest BCUT2D eigenvalue weighted by Gasteiger charge is 2.46. The van der Waals surface area contributed by atoms with Crippen LogP contribution < -0.4 is 10.1 Å². The Morgan fingerprint density at radius 2 is 1.96 bits per heavy atom. The van der Waals surface area contributed by atoms with Gasteiger partial charge in [-0.05, 0) is 41.7 Å². The molecule has 3 atom stereocenters. The van der Waals surface area contributed by atoms with Crippen LogP contribution in [0.15, 0.2) is 48.5 Å². The standard InChI is InChI=1S/C22H25ClN2O2/c1-27-18-9-6-16(7-10-18)22-19-13-24-12-17(19)14-25(22)21(26)11-8-15-4-2-3-5-20(15)23/h2-7,9-10,17,19,22,24H,8,11-14H2,1H3/t17-,19-,22-/m0/s1. The maximum Gasteiger partial charge on any atom is 0.223 e. The predicted octanol–water partition coefficient (Wildman–Crippen LogP) is 3.70. The summed E-state index contributed by atoms with van der Waals surface area (Å²) in [4.78, 5) is 15.2. The molecule has 0 bridgehead atoms. The Labute approximate surface area is 165 Å². The van der Waals surface area contributed by atoms with Crippen LogP contribution in [0.2, 0.25) is 5.02 Å². The Hall–Kier alpha value is -2.04. The van der Waals surface area contributed by atoms with Gasteiger partial charge in [0.1, 0.15) is 5.75 Å². The fourth-order valence-corrected chi connectivity index (χ4v) is 4.72. The van der Waals surface area contributed by atoms with Crippen molar-refractivity contribution in [2.75, 3.05) is 26.7 Å². The minimum absolute atomic E-state index is 0.134. The van der Waals surface area contributed by atoms with E-state index in [4.69, 9.17) is 16.3 Å². The van der Waals surface area contributed by atoms with Crippen molar-refractivity contribution in [3.63, 3.8) is 0 Å². The Kier molecular flexibility index (Phi) is 5.37. The number of hydrogen-bond acceptors (Lipinski definition) is 3. The average molecular weight is 385 g/mol. The zero-order valence-electron chi connectivity index (χ0n) is 15.5. The van der Waals surface area contributed by atoms with Crippen LogP contribution >= 0.6 is 11.6 Å². The molecule has 0 saturated carbocycles. The first-order chi connectivity index (χ1) is 13.2. The monoisotopic (exact) mass is 384 g/mol. The number of likely N-dealkylation sites (tertiary alicyclic amines) is 1. The third-order valence-corrected chi connectivity index (χ3v) is 6.28. The van der Waals surface area contributed by atoms with Crippen LogP contribution in [-0.4, -0.2) is 37.6 Å². The van der Waals surface area contributed by atoms with Gasteiger partial charge in [-0.1, -0.05) is 41.9 Å². The first kappa shape index (κ1) is 18.3. The second kappa shape index (κ2) is 7.91. The van der Waals surface area contributed by atoms with Gasteiger partial charge in [-0.25, -0.2) is 0 Å². The Balaban J connectivity index is 1.52. The largest absolute Gasteiger partial charge is 0.497 e. The maximum absolute atomic E-state index is 13.1. The number of rotatable bonds is 5. The molecule has 1 N–H and O–H groups in total. The number of ether oxygens (including phenoxy) is 1. The van der Waals surface area contributed by atoms with Crippen molar-refractivity contribution in [3.05, 3.63) is 64.7 Å². The average Bonchev–Trinajstić information content (AvgIpc) is 3.28. The number of fused-ring (bicyclic) bond motifs is 1. The van der Waals surface area contributed by atoms with Gasteiger partial charge in [0.2, 0.25) is 5.91 Å². The summed E-state index contributed by atoms with van der Waals surface area (Å²) in [5.74, 6) is 2.06. The number of amides is 1. The summed E-state index contributed by atoms with van der Waals surface area (Å²) in [6.07, 6.45) is 1.17. The summed E-state index contributed by atoms with van der Waals surface area (Å²) in [5.41, 5.74) is 2.23. The second-order valence-electron chi connectivity index (χ2n) is 7.44. The molecule has 2 aliphatic heterocycles. The number of benzene rings is 2. The van der Waals surface area contributed by atoms with Gasteiger partial charge in [-0.2, -0.15) is 0 Å². The molecule has 4 rings (SSSR count). The first-order valence-corrected chi connectivity index (χ1v) is 9.92. The lowest BCUT2D eigenvalue weighted by atomic mass is 9.89. The number of hydrogen-bond donors (Lipinski definition) is 1. The second-order valence-corrected chi connectivity index (χ2v) is 7.84. The van der Waals surface area contributed by atoms with Crippen LogP contribution in [0, 0.1) is 11.8 Å². The van der Waals surface area contributed by atoms with Crippen LogP contribution in [0.5, 0.6) is 5.75 Å². The number of methoxy groups -OCH3 is 1. The van der Waals surface area contributed by atoms with Crippen molar-refractivity contribution in [3.8, 4) is 5.75 Å². The molecule has 142 valence electrons. The van der Waals surface area contributed by atoms with Gasteiger partial charge in [0.15, 0.2) is 0 Å². The molecule has 0 unspecified atom stereocenters. The molecule has 0 spiro atoms. The lowest BCUT2D eigenvalue weighted by molar-refractivity contribution is -0.132. The van der Waals surface area contributed by atoms with E-state index in [-0.39, 0.29) is 11.9 Å². The molecule has 2 aromatic carbocycles. The summed E-state index contributed by atoms with van der Waals surface area (Å²) < 4.78 is 5.29. The third-order valence-electron chi connectivity index (χ3n) is 5.91. The minimum atomic E-state index is 0.134. The molecule has 2 aliphatic rings. The fraction of sp³-hybridized carbons (Fsp3) is 0.409. The fourth-order valence-electron chi connectivity index (χ4n) is 4.49. The lowest BCUT2D eigenvalue weighted by Gasteiger charge is -2.28. The van der Waals surface area contributed by atoms with Gasteiger partial charge >= 0.3 is 0 Å². The summed E-state index contributed by atoms with van der Waals surface area (Å²) in [6.45, 7) is 2.79. The highest BCUT2D eigenvalue weighted by atomic mass is 35.5. The van der Waals surface area contributed by atoms with Crippen LogP contribution in [0.4, 0.5) is 0 Å². The van der Waals surface area contributed by atoms with Gasteiger partial charge in [-0.3, -0.25) is 4.79 Å². The molecule has 0 aromatic heterocycles. The van der Waals surface area contributed by atoms with Crippen LogP contribution in [0.25, 0.3) is 0 Å². The zero-order valence-corrected chi connectivity index (χ0v) is 16.3. The van der Waals surface area contributed by atoms with Gasteiger partial charge < -0.3 is 15.0 Å². The van der Waals surface area contributed by atoms with Crippen LogP contribution in [0.3, 0.4) is 0 Å². The minimum Gasteiger partial charge on any atom is -0.497 e. The van der Waals surface area contributed by atoms with Crippen molar-refractivity contribution in [2.45, 2.75) is 18.9 Å². The van der Waals surface area contributed by atoms with Gasteiger partial charge in [0.25, 0.3) is 0 Å². The van der Waals surface area contributed by atoms with Crippen molar-refractivity contribution in [1.29, 1.82) is 0 Å². The van der Waals surface area contributed by atoms with E-state index in [2.05, 4.69) is 22.3 Å². The van der Waals surface area contributed by atoms with Gasteiger partial charge in [0.05, 0.1) is 13.2 Å². The molecule has 0 aliphatic carbocycles. The molecule has 4 nitrogen and oxygen atoms in total. The zero-order chi connectivity index (χ0) is 18.8. The smallest absolute Gasteiger partial charge is 0.223 e. The summed E-state index contributed by atoms with van der Waals surface area (Å²) in [7, 11) is 1.67. The van der Waals surface area contributed by atoms with Crippen molar-refractivity contribution >= 4 is 17.5 Å². The lowest BCUT2D eigenvalue weighted by Crippen LogP contribution is -2.34. The maximum atomic E-state index is 13.1. The number of nitrogens with one attached hydrogen (secondary N) is 1. The highest BCUT2D eigenvalue weighted by Crippen LogP contribution is 2.43. The number of aryl methyl sites for hydroxylation is 1. The van der Waals surface area contributed by atoms with E-state index in [0.717, 1.165) is 36.0 Å². The summed E-state index contributed by atoms with van der Waals surface area (Å²) in [5, 5.41) is 4.23. The first-order valence-electron chi connectivity index (χ1n) is 9.55. The van der Waals surface area contributed by atoms with Crippen LogP contribution in [-0.2, 0) is 11.2 Å². The van der Waals surface area contributed by atoms with E-state index in [1.165, 1.54) is 5.56 Å². The highest BCUT2D eigenvalue weighted by molar-refractivity contribution is 6.31. The Bertz CT molecular complexity index is 808. The molecule has 27 heavy (non-hydrogen) atoms. The Morgan fingerprint density at radius 1 is 1.19 bits per heavy atom. The molecule has 2 heterocycles. The molecule has 0 radical (unpaired) electrons. The van der Waals surface area contributed by atoms with Gasteiger partial charge in [-0.15, -0.1) is 0 Å². The third kappa shape index (κ3) is 3.69. The quantitative estimate of drug-likeness (QED) is 0.854.